The quantitative estimate of drug-likeness (QED) is 0.165. The number of aromatic hydroxyl groups is 2. The van der Waals surface area contributed by atoms with E-state index in [-0.39, 0.29) is 35.0 Å². The first-order chi connectivity index (χ1) is 20.0. The summed E-state index contributed by atoms with van der Waals surface area (Å²) in [7, 11) is 0. The topological polar surface area (TPSA) is 245 Å². The predicted octanol–water partition coefficient (Wildman–Crippen LogP) is -2.19. The van der Waals surface area contributed by atoms with Crippen LogP contribution in [0.5, 0.6) is 23.0 Å². The summed E-state index contributed by atoms with van der Waals surface area (Å²) in [6.45, 7) is -1.28. The zero-order chi connectivity index (χ0) is 30.3. The highest BCUT2D eigenvalue weighted by atomic mass is 16.7. The molecule has 0 radical (unpaired) electrons. The van der Waals surface area contributed by atoms with Gasteiger partial charge in [-0.05, 0) is 17.7 Å². The third-order valence-corrected chi connectivity index (χ3v) is 7.42. The van der Waals surface area contributed by atoms with Gasteiger partial charge in [0.15, 0.2) is 12.1 Å². The Morgan fingerprint density at radius 2 is 1.38 bits per heavy atom. The summed E-state index contributed by atoms with van der Waals surface area (Å²) >= 11 is 0. The van der Waals surface area contributed by atoms with Crippen LogP contribution in [0, 0.1) is 0 Å². The molecule has 0 unspecified atom stereocenters. The number of hydrogen-bond donors (Lipinski definition) is 9. The van der Waals surface area contributed by atoms with Gasteiger partial charge in [-0.2, -0.15) is 0 Å². The molecule has 2 saturated heterocycles. The SMILES string of the molecule is O=C1C[C@H](c2ccc(O)cc2)Oc2cc(O)cc(O[C@@H]3O[C@H](CO[C@@H]4O[C@H](CO)[C@@H](O)[C@H](O)[C@H]4O)[C@@H](O)[C@H](O)[C@H]3O)c21. The van der Waals surface area contributed by atoms with Crippen LogP contribution in [-0.4, -0.2) is 126 Å². The van der Waals surface area contributed by atoms with Crippen molar-refractivity contribution >= 4 is 5.78 Å². The first-order valence-corrected chi connectivity index (χ1v) is 13.1. The molecule has 3 aliphatic heterocycles. The van der Waals surface area contributed by atoms with E-state index in [0.29, 0.717) is 5.56 Å². The summed E-state index contributed by atoms with van der Waals surface area (Å²) in [5.41, 5.74) is 0.538. The van der Waals surface area contributed by atoms with Gasteiger partial charge in [-0.25, -0.2) is 0 Å². The maximum Gasteiger partial charge on any atom is 0.229 e. The lowest BCUT2D eigenvalue weighted by Crippen LogP contribution is -2.62. The molecule has 2 aromatic rings. The molecule has 2 aromatic carbocycles. The third-order valence-electron chi connectivity index (χ3n) is 7.42. The summed E-state index contributed by atoms with van der Waals surface area (Å²) in [6, 6.07) is 8.35. The first kappa shape index (κ1) is 30.4. The number of hydrogen-bond acceptors (Lipinski definition) is 15. The molecular formula is C27H32O15. The van der Waals surface area contributed by atoms with Gasteiger partial charge in [0, 0.05) is 12.1 Å². The van der Waals surface area contributed by atoms with Crippen molar-refractivity contribution in [1.82, 2.24) is 0 Å². The van der Waals surface area contributed by atoms with E-state index in [2.05, 4.69) is 0 Å². The Labute approximate surface area is 238 Å². The van der Waals surface area contributed by atoms with Crippen LogP contribution in [0.4, 0.5) is 0 Å². The van der Waals surface area contributed by atoms with Crippen LogP contribution in [0.25, 0.3) is 0 Å². The largest absolute Gasteiger partial charge is 0.508 e. The molecule has 0 bridgehead atoms. The Morgan fingerprint density at radius 3 is 2.05 bits per heavy atom. The lowest BCUT2D eigenvalue weighted by Gasteiger charge is -2.42. The average Bonchev–Trinajstić information content (AvgIpc) is 2.96. The Hall–Kier alpha value is -3.09. The number of phenolic OH excluding ortho intramolecular Hbond substituents is 2. The molecule has 11 atom stereocenters. The molecule has 0 aromatic heterocycles. The van der Waals surface area contributed by atoms with Crippen molar-refractivity contribution in [2.45, 2.75) is 73.9 Å². The van der Waals surface area contributed by atoms with Crippen molar-refractivity contribution in [2.24, 2.45) is 0 Å². The van der Waals surface area contributed by atoms with E-state index in [1.54, 1.807) is 12.1 Å². The zero-order valence-corrected chi connectivity index (χ0v) is 21.9. The number of fused-ring (bicyclic) bond motifs is 1. The number of Topliss-reactive ketones (excluding diaryl/α,β-unsaturated/α-hetero) is 1. The zero-order valence-electron chi connectivity index (χ0n) is 21.9. The summed E-state index contributed by atoms with van der Waals surface area (Å²) in [5.74, 6) is -1.01. The molecule has 3 aliphatic rings. The number of aliphatic hydroxyl groups excluding tert-OH is 7. The van der Waals surface area contributed by atoms with Gasteiger partial charge in [0.05, 0.1) is 19.6 Å². The van der Waals surface area contributed by atoms with Crippen LogP contribution in [0.1, 0.15) is 28.4 Å². The summed E-state index contributed by atoms with van der Waals surface area (Å²) in [4.78, 5) is 13.2. The molecule has 2 fully saturated rings. The van der Waals surface area contributed by atoms with Crippen molar-refractivity contribution in [3.63, 3.8) is 0 Å². The molecule has 42 heavy (non-hydrogen) atoms. The van der Waals surface area contributed by atoms with E-state index in [9.17, 15) is 50.8 Å². The van der Waals surface area contributed by atoms with E-state index in [1.807, 2.05) is 0 Å². The van der Waals surface area contributed by atoms with Crippen molar-refractivity contribution in [1.29, 1.82) is 0 Å². The van der Waals surface area contributed by atoms with Gasteiger partial charge >= 0.3 is 0 Å². The number of ether oxygens (including phenoxy) is 5. The van der Waals surface area contributed by atoms with Gasteiger partial charge in [0.1, 0.15) is 83.5 Å². The molecule has 0 spiro atoms. The molecule has 0 aliphatic carbocycles. The van der Waals surface area contributed by atoms with Crippen LogP contribution in [-0.2, 0) is 14.2 Å². The molecule has 230 valence electrons. The summed E-state index contributed by atoms with van der Waals surface area (Å²) < 4.78 is 27.9. The fourth-order valence-electron chi connectivity index (χ4n) is 5.05. The molecular weight excluding hydrogens is 564 g/mol. The highest BCUT2D eigenvalue weighted by molar-refractivity contribution is 6.02. The third kappa shape index (κ3) is 5.89. The van der Waals surface area contributed by atoms with Crippen LogP contribution in [0.15, 0.2) is 36.4 Å². The smallest absolute Gasteiger partial charge is 0.229 e. The molecule has 5 rings (SSSR count). The second-order valence-corrected chi connectivity index (χ2v) is 10.3. The molecule has 15 nitrogen and oxygen atoms in total. The first-order valence-electron chi connectivity index (χ1n) is 13.1. The number of rotatable bonds is 7. The minimum atomic E-state index is -1.83. The monoisotopic (exact) mass is 596 g/mol. The average molecular weight is 597 g/mol. The molecule has 0 saturated carbocycles. The minimum absolute atomic E-state index is 0.0206. The number of aliphatic hydroxyl groups is 7. The van der Waals surface area contributed by atoms with E-state index in [0.717, 1.165) is 6.07 Å². The second kappa shape index (κ2) is 12.3. The Balaban J connectivity index is 1.32. The number of carbonyl (C=O) groups is 1. The predicted molar refractivity (Wildman–Crippen MR) is 136 cm³/mol. The molecule has 0 amide bonds. The van der Waals surface area contributed by atoms with E-state index in [4.69, 9.17) is 23.7 Å². The number of phenols is 2. The van der Waals surface area contributed by atoms with Gasteiger partial charge in [-0.3, -0.25) is 4.79 Å². The fraction of sp³-hybridized carbons (Fsp3) is 0.519. The van der Waals surface area contributed by atoms with E-state index >= 15 is 0 Å². The van der Waals surface area contributed by atoms with Gasteiger partial charge in [0.2, 0.25) is 6.29 Å². The standard InChI is InChI=1S/C27H32O15/c28-8-17-20(32)22(34)24(36)26(41-17)38-9-18-21(33)23(35)25(37)27(42-18)40-16-6-12(30)5-15-19(16)13(31)7-14(39-15)10-1-3-11(29)4-2-10/h1-6,14,17-18,20-30,32-37H,7-9H2/t14-,17-,18-,20-,21-,22+,23+,24-,25-,26-,27-/m1/s1. The van der Waals surface area contributed by atoms with Crippen LogP contribution >= 0.6 is 0 Å². The lowest BCUT2D eigenvalue weighted by atomic mass is 9.95. The fourth-order valence-corrected chi connectivity index (χ4v) is 5.05. The van der Waals surface area contributed by atoms with Crippen molar-refractivity contribution in [3.05, 3.63) is 47.5 Å². The Kier molecular flexibility index (Phi) is 8.86. The summed E-state index contributed by atoms with van der Waals surface area (Å²) in [5, 5.41) is 90.8. The molecule has 15 heteroatoms. The maximum absolute atomic E-state index is 13.2. The minimum Gasteiger partial charge on any atom is -0.508 e. The molecule has 3 heterocycles. The maximum atomic E-state index is 13.2. The lowest BCUT2D eigenvalue weighted by molar-refractivity contribution is -0.323. The highest BCUT2D eigenvalue weighted by Gasteiger charge is 2.48. The van der Waals surface area contributed by atoms with Crippen LogP contribution in [0.2, 0.25) is 0 Å². The van der Waals surface area contributed by atoms with E-state index < -0.39 is 86.5 Å². The van der Waals surface area contributed by atoms with Gasteiger partial charge < -0.3 is 69.6 Å². The van der Waals surface area contributed by atoms with E-state index in [1.165, 1.54) is 18.2 Å². The second-order valence-electron chi connectivity index (χ2n) is 10.3. The van der Waals surface area contributed by atoms with Crippen LogP contribution in [0.3, 0.4) is 0 Å². The van der Waals surface area contributed by atoms with Crippen molar-refractivity contribution < 1.29 is 74.4 Å². The normalized spacial score (nSPS) is 36.6. The number of carbonyl (C=O) groups excluding carboxylic acids is 1. The number of benzene rings is 2. The molecule has 9 N–H and O–H groups in total. The highest BCUT2D eigenvalue weighted by Crippen LogP contribution is 2.43. The Morgan fingerprint density at radius 1 is 0.762 bits per heavy atom. The van der Waals surface area contributed by atoms with Gasteiger partial charge in [-0.1, -0.05) is 12.1 Å². The Bertz CT molecular complexity index is 1250. The number of ketones is 1. The summed E-state index contributed by atoms with van der Waals surface area (Å²) in [6.07, 6.45) is -17.2. The van der Waals surface area contributed by atoms with Gasteiger partial charge in [0.25, 0.3) is 0 Å². The van der Waals surface area contributed by atoms with Crippen molar-refractivity contribution in [2.75, 3.05) is 13.2 Å². The van der Waals surface area contributed by atoms with Crippen LogP contribution < -0.4 is 9.47 Å². The van der Waals surface area contributed by atoms with Gasteiger partial charge in [-0.15, -0.1) is 0 Å². The van der Waals surface area contributed by atoms with Crippen molar-refractivity contribution in [3.8, 4) is 23.0 Å².